The molecule has 1 fully saturated rings. The van der Waals surface area contributed by atoms with Gasteiger partial charge in [0.05, 0.1) is 19.3 Å². The molecule has 2 amide bonds. The second-order valence-corrected chi connectivity index (χ2v) is 6.53. The predicted octanol–water partition coefficient (Wildman–Crippen LogP) is 2.59. The zero-order valence-corrected chi connectivity index (χ0v) is 14.4. The summed E-state index contributed by atoms with van der Waals surface area (Å²) in [6.07, 6.45) is 0.897. The number of likely N-dealkylation sites (tertiary alicyclic amines) is 1. The minimum atomic E-state index is -0.480. The Morgan fingerprint density at radius 1 is 1.46 bits per heavy atom. The SMILES string of the molecule is COc1ccccc1CN1C(=O)CC[C@@H]1C(=O)Nc1nc(C)cs1. The number of amides is 2. The van der Waals surface area contributed by atoms with Gasteiger partial charge < -0.3 is 15.0 Å². The van der Waals surface area contributed by atoms with E-state index in [9.17, 15) is 9.59 Å². The largest absolute Gasteiger partial charge is 0.496 e. The van der Waals surface area contributed by atoms with Crippen LogP contribution in [0.15, 0.2) is 29.6 Å². The van der Waals surface area contributed by atoms with E-state index in [2.05, 4.69) is 10.3 Å². The summed E-state index contributed by atoms with van der Waals surface area (Å²) in [5, 5.41) is 5.25. The van der Waals surface area contributed by atoms with Crippen molar-refractivity contribution in [2.24, 2.45) is 0 Å². The molecule has 1 aliphatic rings. The number of anilines is 1. The van der Waals surface area contributed by atoms with E-state index in [1.165, 1.54) is 11.3 Å². The number of hydrogen-bond donors (Lipinski definition) is 1. The van der Waals surface area contributed by atoms with E-state index in [0.717, 1.165) is 11.3 Å². The van der Waals surface area contributed by atoms with Gasteiger partial charge in [0.1, 0.15) is 11.8 Å². The number of methoxy groups -OCH3 is 1. The van der Waals surface area contributed by atoms with Crippen LogP contribution in [0.2, 0.25) is 0 Å². The molecule has 24 heavy (non-hydrogen) atoms. The van der Waals surface area contributed by atoms with Crippen LogP contribution < -0.4 is 10.1 Å². The number of aryl methyl sites for hydroxylation is 1. The van der Waals surface area contributed by atoms with E-state index < -0.39 is 6.04 Å². The highest BCUT2D eigenvalue weighted by Crippen LogP contribution is 2.27. The van der Waals surface area contributed by atoms with Crippen LogP contribution in [-0.2, 0) is 16.1 Å². The van der Waals surface area contributed by atoms with E-state index in [0.29, 0.717) is 30.3 Å². The first kappa shape index (κ1) is 16.4. The van der Waals surface area contributed by atoms with E-state index >= 15 is 0 Å². The zero-order valence-electron chi connectivity index (χ0n) is 13.6. The van der Waals surface area contributed by atoms with Gasteiger partial charge in [0.25, 0.3) is 0 Å². The van der Waals surface area contributed by atoms with Crippen molar-refractivity contribution in [3.05, 3.63) is 40.9 Å². The third-order valence-electron chi connectivity index (χ3n) is 4.01. The van der Waals surface area contributed by atoms with Crippen LogP contribution in [0.1, 0.15) is 24.1 Å². The van der Waals surface area contributed by atoms with Gasteiger partial charge in [0.2, 0.25) is 11.8 Å². The molecule has 2 heterocycles. The third-order valence-corrected chi connectivity index (χ3v) is 4.89. The Morgan fingerprint density at radius 2 is 2.25 bits per heavy atom. The number of ether oxygens (including phenoxy) is 1. The van der Waals surface area contributed by atoms with Gasteiger partial charge in [0, 0.05) is 17.4 Å². The minimum absolute atomic E-state index is 0.0172. The van der Waals surface area contributed by atoms with Crippen molar-refractivity contribution in [2.45, 2.75) is 32.4 Å². The van der Waals surface area contributed by atoms with Crippen LogP contribution in [-0.4, -0.2) is 34.8 Å². The maximum Gasteiger partial charge on any atom is 0.248 e. The molecular weight excluding hydrogens is 326 g/mol. The summed E-state index contributed by atoms with van der Waals surface area (Å²) in [6, 6.07) is 7.05. The van der Waals surface area contributed by atoms with E-state index in [1.54, 1.807) is 12.0 Å². The summed E-state index contributed by atoms with van der Waals surface area (Å²) in [6.45, 7) is 2.23. The van der Waals surface area contributed by atoms with Gasteiger partial charge in [-0.1, -0.05) is 18.2 Å². The molecule has 0 radical (unpaired) electrons. The highest BCUT2D eigenvalue weighted by molar-refractivity contribution is 7.13. The fourth-order valence-corrected chi connectivity index (χ4v) is 3.51. The van der Waals surface area contributed by atoms with E-state index in [4.69, 9.17) is 4.74 Å². The molecule has 0 unspecified atom stereocenters. The number of benzene rings is 1. The summed E-state index contributed by atoms with van der Waals surface area (Å²) >= 11 is 1.38. The van der Waals surface area contributed by atoms with Crippen molar-refractivity contribution < 1.29 is 14.3 Å². The van der Waals surface area contributed by atoms with Crippen LogP contribution in [0.3, 0.4) is 0 Å². The summed E-state index contributed by atoms with van der Waals surface area (Å²) in [5.74, 6) is 0.508. The van der Waals surface area contributed by atoms with Gasteiger partial charge in [0.15, 0.2) is 5.13 Å². The first-order valence-electron chi connectivity index (χ1n) is 7.73. The van der Waals surface area contributed by atoms with Crippen molar-refractivity contribution in [2.75, 3.05) is 12.4 Å². The predicted molar refractivity (Wildman–Crippen MR) is 92.0 cm³/mol. The van der Waals surface area contributed by atoms with E-state index in [-0.39, 0.29) is 11.8 Å². The van der Waals surface area contributed by atoms with Crippen LogP contribution in [0.25, 0.3) is 0 Å². The third kappa shape index (κ3) is 3.41. The summed E-state index contributed by atoms with van der Waals surface area (Å²) < 4.78 is 5.34. The fraction of sp³-hybridized carbons (Fsp3) is 0.353. The van der Waals surface area contributed by atoms with Crippen molar-refractivity contribution in [3.8, 4) is 5.75 Å². The topological polar surface area (TPSA) is 71.5 Å². The Hall–Kier alpha value is -2.41. The van der Waals surface area contributed by atoms with Crippen molar-refractivity contribution in [3.63, 3.8) is 0 Å². The minimum Gasteiger partial charge on any atom is -0.496 e. The van der Waals surface area contributed by atoms with Crippen LogP contribution in [0, 0.1) is 6.92 Å². The van der Waals surface area contributed by atoms with Gasteiger partial charge >= 0.3 is 0 Å². The Labute approximate surface area is 144 Å². The van der Waals surface area contributed by atoms with Crippen LogP contribution >= 0.6 is 11.3 Å². The lowest BCUT2D eigenvalue weighted by atomic mass is 10.1. The lowest BCUT2D eigenvalue weighted by Gasteiger charge is -2.24. The van der Waals surface area contributed by atoms with Gasteiger partial charge in [-0.2, -0.15) is 0 Å². The van der Waals surface area contributed by atoms with Gasteiger partial charge in [-0.05, 0) is 19.4 Å². The molecule has 3 rings (SSSR count). The molecule has 0 aliphatic carbocycles. The Balaban J connectivity index is 1.75. The highest BCUT2D eigenvalue weighted by atomic mass is 32.1. The molecule has 0 bridgehead atoms. The van der Waals surface area contributed by atoms with Gasteiger partial charge in [-0.15, -0.1) is 11.3 Å². The fourth-order valence-electron chi connectivity index (χ4n) is 2.82. The maximum atomic E-state index is 12.6. The molecule has 126 valence electrons. The van der Waals surface area contributed by atoms with Crippen molar-refractivity contribution >= 4 is 28.3 Å². The Morgan fingerprint density at radius 3 is 2.96 bits per heavy atom. The van der Waals surface area contributed by atoms with Crippen LogP contribution in [0.5, 0.6) is 5.75 Å². The Kier molecular flexibility index (Phi) is 4.80. The molecule has 1 saturated heterocycles. The molecule has 6 nitrogen and oxygen atoms in total. The molecule has 1 aromatic heterocycles. The van der Waals surface area contributed by atoms with Crippen molar-refractivity contribution in [1.29, 1.82) is 0 Å². The molecule has 1 N–H and O–H groups in total. The Bertz CT molecular complexity index is 759. The lowest BCUT2D eigenvalue weighted by Crippen LogP contribution is -2.41. The summed E-state index contributed by atoms with van der Waals surface area (Å²) in [7, 11) is 1.60. The average Bonchev–Trinajstić information content (AvgIpc) is 3.14. The quantitative estimate of drug-likeness (QED) is 0.904. The molecule has 1 atom stereocenters. The first-order chi connectivity index (χ1) is 11.6. The number of rotatable bonds is 5. The molecule has 1 aromatic carbocycles. The summed E-state index contributed by atoms with van der Waals surface area (Å²) in [5.41, 5.74) is 1.75. The molecule has 2 aromatic rings. The zero-order chi connectivity index (χ0) is 17.1. The first-order valence-corrected chi connectivity index (χ1v) is 8.61. The number of hydrogen-bond acceptors (Lipinski definition) is 5. The number of carbonyl (C=O) groups is 2. The second-order valence-electron chi connectivity index (χ2n) is 5.67. The van der Waals surface area contributed by atoms with E-state index in [1.807, 2.05) is 36.6 Å². The number of thiazole rings is 1. The summed E-state index contributed by atoms with van der Waals surface area (Å²) in [4.78, 5) is 30.7. The molecular formula is C17H19N3O3S. The molecule has 1 aliphatic heterocycles. The number of carbonyl (C=O) groups excluding carboxylic acids is 2. The molecule has 0 spiro atoms. The van der Waals surface area contributed by atoms with Gasteiger partial charge in [-0.25, -0.2) is 4.98 Å². The highest BCUT2D eigenvalue weighted by Gasteiger charge is 2.36. The molecule has 7 heteroatoms. The van der Waals surface area contributed by atoms with Crippen molar-refractivity contribution in [1.82, 2.24) is 9.88 Å². The number of nitrogens with zero attached hydrogens (tertiary/aromatic N) is 2. The smallest absolute Gasteiger partial charge is 0.248 e. The average molecular weight is 345 g/mol. The second kappa shape index (κ2) is 7.00. The monoisotopic (exact) mass is 345 g/mol. The van der Waals surface area contributed by atoms with Crippen LogP contribution in [0.4, 0.5) is 5.13 Å². The van der Waals surface area contributed by atoms with Gasteiger partial charge in [-0.3, -0.25) is 9.59 Å². The number of nitrogens with one attached hydrogen (secondary N) is 1. The molecule has 0 saturated carbocycles. The number of para-hydroxylation sites is 1. The maximum absolute atomic E-state index is 12.6. The number of aromatic nitrogens is 1. The lowest BCUT2D eigenvalue weighted by molar-refractivity contribution is -0.133. The normalized spacial score (nSPS) is 17.2. The standard InChI is InChI=1S/C17H19N3O3S/c1-11-10-24-17(18-11)19-16(22)13-7-8-15(21)20(13)9-12-5-3-4-6-14(12)23-2/h3-6,10,13H,7-9H2,1-2H3,(H,18,19,22)/t13-/m1/s1.